The number of benzene rings is 7. The number of pyridine rings is 3. The summed E-state index contributed by atoms with van der Waals surface area (Å²) in [7, 11) is 0. The van der Waals surface area contributed by atoms with Crippen molar-refractivity contribution in [2.75, 3.05) is 31.9 Å². The van der Waals surface area contributed by atoms with E-state index in [1.807, 2.05) is 146 Å². The predicted octanol–water partition coefficient (Wildman–Crippen LogP) is 14.2. The highest BCUT2D eigenvalue weighted by atomic mass is 16.3. The van der Waals surface area contributed by atoms with E-state index in [9.17, 15) is 15.3 Å². The Labute approximate surface area is 509 Å². The molecule has 0 aliphatic rings. The molecule has 15 nitrogen and oxygen atoms in total. The van der Waals surface area contributed by atoms with E-state index in [1.54, 1.807) is 0 Å². The number of hydrogen-bond acceptors (Lipinski definition) is 6. The normalized spacial score (nSPS) is 11.7. The molecule has 0 bridgehead atoms. The zero-order chi connectivity index (χ0) is 60.2. The number of amidine groups is 3. The molecular weight excluding hydrogens is 1080 g/mol. The van der Waals surface area contributed by atoms with Gasteiger partial charge in [0, 0.05) is 71.6 Å². The van der Waals surface area contributed by atoms with Crippen LogP contribution in [0.5, 0.6) is 0 Å². The van der Waals surface area contributed by atoms with Crippen LogP contribution in [0.3, 0.4) is 0 Å². The molecule has 0 saturated carbocycles. The Kier molecular flexibility index (Phi) is 20.2. The molecule has 0 aliphatic carbocycles. The molecule has 10 aromatic rings. The number of aliphatic hydroxyl groups is 3. The smallest absolute Gasteiger partial charge is 0.291 e. The summed E-state index contributed by atoms with van der Waals surface area (Å²) in [5.74, 6) is 0. The van der Waals surface area contributed by atoms with Crippen LogP contribution >= 0.6 is 0 Å². The first-order valence-electron chi connectivity index (χ1n) is 29.6. The van der Waals surface area contributed by atoms with E-state index < -0.39 is 0 Å². The molecule has 0 atom stereocenters. The summed E-state index contributed by atoms with van der Waals surface area (Å²) in [6.45, 7) is 10.6. The van der Waals surface area contributed by atoms with Gasteiger partial charge in [0.25, 0.3) is 18.1 Å². The van der Waals surface area contributed by atoms with Crippen LogP contribution in [0.1, 0.15) is 70.8 Å². The number of aliphatic imine (C=N–C) groups is 3. The first-order valence-corrected chi connectivity index (χ1v) is 29.6. The third kappa shape index (κ3) is 16.9. The van der Waals surface area contributed by atoms with Crippen molar-refractivity contribution in [3.63, 3.8) is 0 Å². The minimum atomic E-state index is -0.173. The number of para-hydroxylation sites is 3. The van der Waals surface area contributed by atoms with Crippen molar-refractivity contribution in [1.82, 2.24) is 0 Å². The fraction of sp³-hybridized carbons (Fsp3) is 0.167. The number of aromatic nitrogens is 3. The fourth-order valence-electron chi connectivity index (χ4n) is 10.9. The lowest BCUT2D eigenvalue weighted by Gasteiger charge is -2.23. The number of nitrogens with zero attached hydrogens (tertiary/aromatic N) is 6. The molecule has 438 valence electrons. The van der Waals surface area contributed by atoms with E-state index in [1.165, 1.54) is 33.4 Å². The predicted molar refractivity (Wildman–Crippen MR) is 352 cm³/mol. The largest absolute Gasteiger partial charge is 0.480 e. The van der Waals surface area contributed by atoms with Gasteiger partial charge in [-0.05, 0) is 144 Å². The Morgan fingerprint density at radius 2 is 0.598 bits per heavy atom. The summed E-state index contributed by atoms with van der Waals surface area (Å²) in [6.07, 6.45) is 15.6. The summed E-state index contributed by atoms with van der Waals surface area (Å²) in [5.41, 5.74) is 18.4. The second-order valence-electron chi connectivity index (χ2n) is 21.1. The lowest BCUT2D eigenvalue weighted by atomic mass is 9.83. The molecule has 0 saturated heterocycles. The van der Waals surface area contributed by atoms with Gasteiger partial charge in [-0.15, -0.1) is 0 Å². The van der Waals surface area contributed by atoms with Gasteiger partial charge in [0.2, 0.25) is 0 Å². The zero-order valence-electron chi connectivity index (χ0n) is 49.4. The molecule has 0 spiro atoms. The van der Waals surface area contributed by atoms with Crippen molar-refractivity contribution < 1.29 is 29.0 Å². The molecule has 3 heterocycles. The van der Waals surface area contributed by atoms with Crippen molar-refractivity contribution in [2.24, 2.45) is 15.0 Å². The molecule has 3 aromatic heterocycles. The number of hydrogen-bond donors (Lipinski definition) is 9. The standard InChI is InChI=1S/C72H72N12O3/c1-4-64-67(49-82-37-19-34-61(46-82)73-43-52-22-16-31-58(40-52)79-70(85)76-55-25-10-7-11-26-55)65(5-2)69(51-84-39-21-36-63(48-84)75-45-54-24-18-33-60(42-54)81-72(87)78-57-29-14-9-15-30-57)66(6-3)68(64)50-83-38-20-35-62(47-83)74-44-53-23-17-32-59(41-53)80-71(86)77-56-27-12-8-13-28-56/h7-42,46-48,73-75H,4-6,43-45,49-51H2,1-3H3,(H3-3,76,77,78,79,80,81,85,86,87)/p+3. The van der Waals surface area contributed by atoms with Crippen LogP contribution in [-0.2, 0) is 58.5 Å². The summed E-state index contributed by atoms with van der Waals surface area (Å²) in [4.78, 5) is 12.9. The van der Waals surface area contributed by atoms with Gasteiger partial charge in [-0.1, -0.05) is 112 Å². The molecule has 87 heavy (non-hydrogen) atoms. The maximum Gasteiger partial charge on any atom is 0.291 e. The van der Waals surface area contributed by atoms with Crippen LogP contribution in [0, 0.1) is 0 Å². The summed E-state index contributed by atoms with van der Waals surface area (Å²) in [6, 6.07) is 64.1. The average Bonchev–Trinajstić information content (AvgIpc) is 1.80. The second-order valence-corrected chi connectivity index (χ2v) is 21.1. The molecule has 0 aliphatic heterocycles. The molecule has 0 fully saturated rings. The summed E-state index contributed by atoms with van der Waals surface area (Å²) >= 11 is 0. The lowest BCUT2D eigenvalue weighted by molar-refractivity contribution is -0.690. The molecular formula is C72H75N12O3+3. The first-order chi connectivity index (χ1) is 42.6. The quantitative estimate of drug-likeness (QED) is 0.0162. The highest BCUT2D eigenvalue weighted by Gasteiger charge is 2.28. The summed E-state index contributed by atoms with van der Waals surface area (Å²) < 4.78 is 6.89. The van der Waals surface area contributed by atoms with E-state index in [4.69, 9.17) is 0 Å². The molecule has 0 amide bonds. The maximum atomic E-state index is 10.6. The number of rotatable bonds is 24. The molecule has 10 rings (SSSR count). The van der Waals surface area contributed by atoms with Crippen LogP contribution in [0.4, 0.5) is 51.2 Å². The van der Waals surface area contributed by atoms with Gasteiger partial charge >= 0.3 is 0 Å². The Bertz CT molecular complexity index is 3580. The van der Waals surface area contributed by atoms with Crippen LogP contribution in [0.15, 0.2) is 252 Å². The van der Waals surface area contributed by atoms with Gasteiger partial charge in [0.15, 0.2) is 56.8 Å². The van der Waals surface area contributed by atoms with E-state index in [-0.39, 0.29) is 18.1 Å². The van der Waals surface area contributed by atoms with Crippen molar-refractivity contribution in [1.29, 1.82) is 0 Å². The third-order valence-corrected chi connectivity index (χ3v) is 14.9. The molecule has 7 aromatic carbocycles. The Balaban J connectivity index is 0.910. The van der Waals surface area contributed by atoms with Crippen LogP contribution < -0.4 is 45.6 Å². The average molecular weight is 1160 g/mol. The van der Waals surface area contributed by atoms with Crippen LogP contribution in [0.2, 0.25) is 0 Å². The monoisotopic (exact) mass is 1160 g/mol. The minimum Gasteiger partial charge on any atom is -0.480 e. The zero-order valence-corrected chi connectivity index (χ0v) is 49.4. The van der Waals surface area contributed by atoms with Gasteiger partial charge in [-0.25, -0.2) is 0 Å². The molecule has 15 heteroatoms. The van der Waals surface area contributed by atoms with Crippen molar-refractivity contribution in [3.05, 3.63) is 287 Å². The Morgan fingerprint density at radius 1 is 0.322 bits per heavy atom. The van der Waals surface area contributed by atoms with Gasteiger partial charge in [0.05, 0.1) is 34.1 Å². The van der Waals surface area contributed by atoms with Gasteiger partial charge in [0.1, 0.15) is 0 Å². The van der Waals surface area contributed by atoms with E-state index in [2.05, 4.69) is 173 Å². The Hall–Kier alpha value is -10.8. The minimum absolute atomic E-state index is 0.173. The number of nitrogens with one attached hydrogen (secondary N) is 6. The third-order valence-electron chi connectivity index (χ3n) is 14.9. The van der Waals surface area contributed by atoms with Crippen molar-refractivity contribution in [2.45, 2.75) is 79.3 Å². The fourth-order valence-corrected chi connectivity index (χ4v) is 10.9. The van der Waals surface area contributed by atoms with Crippen molar-refractivity contribution in [3.8, 4) is 0 Å². The van der Waals surface area contributed by atoms with Gasteiger partial charge in [-0.2, -0.15) is 28.7 Å². The lowest BCUT2D eigenvalue weighted by Crippen LogP contribution is -2.39. The van der Waals surface area contributed by atoms with Crippen molar-refractivity contribution >= 4 is 69.3 Å². The second kappa shape index (κ2) is 29.6. The highest BCUT2D eigenvalue weighted by Crippen LogP contribution is 2.32. The molecule has 9 N–H and O–H groups in total. The molecule has 0 unspecified atom stereocenters. The topological polar surface area (TPSA) is 182 Å². The van der Waals surface area contributed by atoms with E-state index in [0.29, 0.717) is 56.3 Å². The SMILES string of the molecule is CCc1c(C[n+]2cccc(NCc3cccc(NC(O)=Nc4ccccc4)c3)c2)c(CC)c(C[n+]2cccc(NCc3cccc(NC(O)=Nc4ccccc4)c3)c2)c(CC)c1C[n+]1cccc(NCc2cccc(NC(O)=Nc3ccccc3)c2)c1. The summed E-state index contributed by atoms with van der Waals surface area (Å²) in [5, 5.41) is 52.0. The number of aliphatic hydroxyl groups excluding tert-OH is 3. The van der Waals surface area contributed by atoms with E-state index in [0.717, 1.165) is 70.1 Å². The van der Waals surface area contributed by atoms with E-state index >= 15 is 0 Å². The maximum absolute atomic E-state index is 10.6. The molecule has 0 radical (unpaired) electrons. The van der Waals surface area contributed by atoms with Gasteiger partial charge in [-0.3, -0.25) is 0 Å². The number of anilines is 6. The first kappa shape index (κ1) is 59.4. The Morgan fingerprint density at radius 3 is 0.874 bits per heavy atom. The van der Waals surface area contributed by atoms with Crippen LogP contribution in [0.25, 0.3) is 0 Å². The van der Waals surface area contributed by atoms with Crippen LogP contribution in [-0.4, -0.2) is 33.4 Å². The highest BCUT2D eigenvalue weighted by molar-refractivity contribution is 5.90. The van der Waals surface area contributed by atoms with Gasteiger partial charge < -0.3 is 47.2 Å².